The summed E-state index contributed by atoms with van der Waals surface area (Å²) in [6, 6.07) is 2.89. The van der Waals surface area contributed by atoms with E-state index in [0.717, 1.165) is 36.0 Å². The molecule has 1 aromatic rings. The van der Waals surface area contributed by atoms with Gasteiger partial charge in [-0.2, -0.15) is 0 Å². The van der Waals surface area contributed by atoms with Crippen LogP contribution in [-0.2, 0) is 6.54 Å². The second-order valence-electron chi connectivity index (χ2n) is 5.52. The van der Waals surface area contributed by atoms with Crippen molar-refractivity contribution < 1.29 is 0 Å². The van der Waals surface area contributed by atoms with E-state index in [4.69, 9.17) is 0 Å². The van der Waals surface area contributed by atoms with Gasteiger partial charge in [-0.25, -0.2) is 4.98 Å². The normalized spacial score (nSPS) is 15.0. The molecule has 0 atom stereocenters. The monoisotopic (exact) mass is 326 g/mol. The standard InChI is InChI=1S/C14H23BrN4/c1-18(2)6-7-19(3)14-11(8-12(15)10-17-14)9-16-13-4-5-13/h8,10,13,16H,4-7,9H2,1-3H3. The molecule has 1 fully saturated rings. The molecular formula is C14H23BrN4. The fraction of sp³-hybridized carbons (Fsp3) is 0.643. The van der Waals surface area contributed by atoms with E-state index in [2.05, 4.69) is 63.2 Å². The largest absolute Gasteiger partial charge is 0.358 e. The van der Waals surface area contributed by atoms with E-state index in [9.17, 15) is 0 Å². The van der Waals surface area contributed by atoms with Crippen LogP contribution in [0.2, 0.25) is 0 Å². The Balaban J connectivity index is 2.03. The summed E-state index contributed by atoms with van der Waals surface area (Å²) in [6.07, 6.45) is 4.50. The summed E-state index contributed by atoms with van der Waals surface area (Å²) in [5.41, 5.74) is 1.27. The van der Waals surface area contributed by atoms with Crippen molar-refractivity contribution in [1.82, 2.24) is 15.2 Å². The zero-order chi connectivity index (χ0) is 13.8. The van der Waals surface area contributed by atoms with Crippen LogP contribution >= 0.6 is 15.9 Å². The number of likely N-dealkylation sites (N-methyl/N-ethyl adjacent to an activating group) is 2. The number of nitrogens with one attached hydrogen (secondary N) is 1. The highest BCUT2D eigenvalue weighted by molar-refractivity contribution is 9.10. The smallest absolute Gasteiger partial charge is 0.132 e. The maximum atomic E-state index is 4.57. The molecular weight excluding hydrogens is 304 g/mol. The number of pyridine rings is 1. The quantitative estimate of drug-likeness (QED) is 0.831. The minimum atomic E-state index is 0.721. The van der Waals surface area contributed by atoms with Crippen LogP contribution in [0.3, 0.4) is 0 Å². The Bertz CT molecular complexity index is 418. The average Bonchev–Trinajstić information content (AvgIpc) is 3.17. The summed E-state index contributed by atoms with van der Waals surface area (Å²) >= 11 is 3.51. The molecule has 1 aliphatic carbocycles. The van der Waals surface area contributed by atoms with Crippen molar-refractivity contribution >= 4 is 21.7 Å². The summed E-state index contributed by atoms with van der Waals surface area (Å²) in [6.45, 7) is 2.92. The Hall–Kier alpha value is -0.650. The fourth-order valence-electron chi connectivity index (χ4n) is 1.95. The van der Waals surface area contributed by atoms with Gasteiger partial charge >= 0.3 is 0 Å². The number of rotatable bonds is 7. The maximum absolute atomic E-state index is 4.57. The summed E-state index contributed by atoms with van der Waals surface area (Å²) < 4.78 is 1.05. The van der Waals surface area contributed by atoms with E-state index < -0.39 is 0 Å². The number of aromatic nitrogens is 1. The Kier molecular flexibility index (Phi) is 5.19. The van der Waals surface area contributed by atoms with Crippen molar-refractivity contribution in [1.29, 1.82) is 0 Å². The van der Waals surface area contributed by atoms with Crippen molar-refractivity contribution in [3.63, 3.8) is 0 Å². The molecule has 1 aliphatic rings. The molecule has 4 nitrogen and oxygen atoms in total. The van der Waals surface area contributed by atoms with Crippen LogP contribution in [0.1, 0.15) is 18.4 Å². The molecule has 106 valence electrons. The first-order valence-electron chi connectivity index (χ1n) is 6.80. The first-order valence-corrected chi connectivity index (χ1v) is 7.59. The van der Waals surface area contributed by atoms with Crippen LogP contribution in [0.15, 0.2) is 16.7 Å². The molecule has 1 saturated carbocycles. The second-order valence-corrected chi connectivity index (χ2v) is 6.43. The third kappa shape index (κ3) is 4.75. The summed E-state index contributed by atoms with van der Waals surface area (Å²) in [4.78, 5) is 9.00. The highest BCUT2D eigenvalue weighted by Crippen LogP contribution is 2.23. The topological polar surface area (TPSA) is 31.4 Å². The lowest BCUT2D eigenvalue weighted by Gasteiger charge is -2.23. The highest BCUT2D eigenvalue weighted by Gasteiger charge is 2.21. The van der Waals surface area contributed by atoms with E-state index in [1.54, 1.807) is 0 Å². The Morgan fingerprint density at radius 2 is 2.05 bits per heavy atom. The number of nitrogens with zero attached hydrogens (tertiary/aromatic N) is 3. The van der Waals surface area contributed by atoms with Gasteiger partial charge in [0.25, 0.3) is 0 Å². The molecule has 19 heavy (non-hydrogen) atoms. The van der Waals surface area contributed by atoms with E-state index >= 15 is 0 Å². The van der Waals surface area contributed by atoms with E-state index in [-0.39, 0.29) is 0 Å². The predicted molar refractivity (Wildman–Crippen MR) is 83.6 cm³/mol. The minimum Gasteiger partial charge on any atom is -0.358 e. The number of hydrogen-bond donors (Lipinski definition) is 1. The molecule has 5 heteroatoms. The van der Waals surface area contributed by atoms with Crippen molar-refractivity contribution in [2.24, 2.45) is 0 Å². The maximum Gasteiger partial charge on any atom is 0.132 e. The zero-order valence-corrected chi connectivity index (χ0v) is 13.6. The first kappa shape index (κ1) is 14.8. The molecule has 1 N–H and O–H groups in total. The van der Waals surface area contributed by atoms with Gasteiger partial charge in [0.2, 0.25) is 0 Å². The van der Waals surface area contributed by atoms with Crippen molar-refractivity contribution in [2.75, 3.05) is 39.1 Å². The van der Waals surface area contributed by atoms with Crippen LogP contribution in [0.4, 0.5) is 5.82 Å². The van der Waals surface area contributed by atoms with E-state index in [0.29, 0.717) is 0 Å². The van der Waals surface area contributed by atoms with E-state index in [1.807, 2.05) is 6.20 Å². The van der Waals surface area contributed by atoms with Gasteiger partial charge in [0.1, 0.15) is 5.82 Å². The first-order chi connectivity index (χ1) is 9.06. The van der Waals surface area contributed by atoms with Gasteiger partial charge in [-0.05, 0) is 48.9 Å². The fourth-order valence-corrected chi connectivity index (χ4v) is 2.32. The summed E-state index contributed by atoms with van der Waals surface area (Å²) in [5.74, 6) is 1.08. The lowest BCUT2D eigenvalue weighted by molar-refractivity contribution is 0.416. The Labute approximate surface area is 124 Å². The van der Waals surface area contributed by atoms with Crippen LogP contribution in [0, 0.1) is 0 Å². The van der Waals surface area contributed by atoms with Crippen molar-refractivity contribution in [3.8, 4) is 0 Å². The zero-order valence-electron chi connectivity index (χ0n) is 12.0. The summed E-state index contributed by atoms with van der Waals surface area (Å²) in [5, 5.41) is 3.56. The average molecular weight is 327 g/mol. The van der Waals surface area contributed by atoms with Gasteiger partial charge < -0.3 is 15.1 Å². The Morgan fingerprint density at radius 3 is 2.68 bits per heavy atom. The number of hydrogen-bond acceptors (Lipinski definition) is 4. The minimum absolute atomic E-state index is 0.721. The lowest BCUT2D eigenvalue weighted by atomic mass is 10.2. The van der Waals surface area contributed by atoms with Gasteiger partial charge in [-0.15, -0.1) is 0 Å². The molecule has 0 unspecified atom stereocenters. The van der Waals surface area contributed by atoms with Crippen molar-refractivity contribution in [2.45, 2.75) is 25.4 Å². The number of halogens is 1. The molecule has 0 radical (unpaired) electrons. The van der Waals surface area contributed by atoms with Crippen molar-refractivity contribution in [3.05, 3.63) is 22.3 Å². The predicted octanol–water partition coefficient (Wildman–Crippen LogP) is 2.09. The molecule has 0 saturated heterocycles. The van der Waals surface area contributed by atoms with Gasteiger partial charge in [0, 0.05) is 49.0 Å². The molecule has 2 rings (SSSR count). The molecule has 0 aliphatic heterocycles. The third-order valence-corrected chi connectivity index (χ3v) is 3.75. The molecule has 0 amide bonds. The second kappa shape index (κ2) is 6.68. The molecule has 1 heterocycles. The lowest BCUT2D eigenvalue weighted by Crippen LogP contribution is -2.30. The van der Waals surface area contributed by atoms with Gasteiger partial charge in [-0.1, -0.05) is 0 Å². The third-order valence-electron chi connectivity index (χ3n) is 3.31. The van der Waals surface area contributed by atoms with E-state index in [1.165, 1.54) is 18.4 Å². The van der Waals surface area contributed by atoms with Crippen LogP contribution in [-0.4, -0.2) is 50.2 Å². The van der Waals surface area contributed by atoms with Crippen LogP contribution in [0.5, 0.6) is 0 Å². The Morgan fingerprint density at radius 1 is 1.32 bits per heavy atom. The molecule has 1 aromatic heterocycles. The molecule has 0 aromatic carbocycles. The van der Waals surface area contributed by atoms with Gasteiger partial charge in [0.05, 0.1) is 0 Å². The molecule has 0 bridgehead atoms. The summed E-state index contributed by atoms with van der Waals surface area (Å²) in [7, 11) is 6.30. The van der Waals surface area contributed by atoms with Crippen LogP contribution in [0.25, 0.3) is 0 Å². The van der Waals surface area contributed by atoms with Gasteiger partial charge in [-0.3, -0.25) is 0 Å². The number of anilines is 1. The SMILES string of the molecule is CN(C)CCN(C)c1ncc(Br)cc1CNC1CC1. The molecule has 0 spiro atoms. The van der Waals surface area contributed by atoms with Crippen LogP contribution < -0.4 is 10.2 Å². The van der Waals surface area contributed by atoms with Gasteiger partial charge in [0.15, 0.2) is 0 Å². The highest BCUT2D eigenvalue weighted by atomic mass is 79.9.